The SMILES string of the molecule is COCCCC(=O)OC(OC)OC. The predicted molar refractivity (Wildman–Crippen MR) is 45.0 cm³/mol. The third kappa shape index (κ3) is 6.51. The van der Waals surface area contributed by atoms with Gasteiger partial charge in [0.05, 0.1) is 0 Å². The van der Waals surface area contributed by atoms with Crippen molar-refractivity contribution < 1.29 is 23.7 Å². The zero-order valence-corrected chi connectivity index (χ0v) is 8.24. The lowest BCUT2D eigenvalue weighted by molar-refractivity contribution is -0.255. The molecule has 0 aliphatic rings. The molecule has 0 heterocycles. The molecule has 0 saturated carbocycles. The van der Waals surface area contributed by atoms with E-state index in [2.05, 4.69) is 9.47 Å². The van der Waals surface area contributed by atoms with Crippen molar-refractivity contribution in [1.29, 1.82) is 0 Å². The molecule has 13 heavy (non-hydrogen) atoms. The van der Waals surface area contributed by atoms with Gasteiger partial charge in [-0.3, -0.25) is 4.79 Å². The molecular formula is C8H16O5. The average Bonchev–Trinajstić information content (AvgIpc) is 2.14. The Morgan fingerprint density at radius 2 is 1.85 bits per heavy atom. The molecule has 0 unspecified atom stereocenters. The lowest BCUT2D eigenvalue weighted by Gasteiger charge is -2.13. The van der Waals surface area contributed by atoms with Gasteiger partial charge in [-0.05, 0) is 6.42 Å². The fourth-order valence-corrected chi connectivity index (χ4v) is 0.720. The first-order chi connectivity index (χ1) is 6.24. The highest BCUT2D eigenvalue weighted by molar-refractivity contribution is 5.69. The number of rotatable bonds is 7. The molecule has 0 spiro atoms. The van der Waals surface area contributed by atoms with E-state index in [1.54, 1.807) is 7.11 Å². The Balaban J connectivity index is 3.48. The Labute approximate surface area is 77.9 Å². The van der Waals surface area contributed by atoms with Gasteiger partial charge >= 0.3 is 12.4 Å². The van der Waals surface area contributed by atoms with Crippen LogP contribution in [0.25, 0.3) is 0 Å². The van der Waals surface area contributed by atoms with Crippen LogP contribution in [0.4, 0.5) is 0 Å². The number of carbonyl (C=O) groups excluding carboxylic acids is 1. The summed E-state index contributed by atoms with van der Waals surface area (Å²) >= 11 is 0. The van der Waals surface area contributed by atoms with Crippen LogP contribution in [0.1, 0.15) is 12.8 Å². The Morgan fingerprint density at radius 1 is 1.23 bits per heavy atom. The second kappa shape index (κ2) is 7.97. The Morgan fingerprint density at radius 3 is 2.31 bits per heavy atom. The quantitative estimate of drug-likeness (QED) is 0.334. The lowest BCUT2D eigenvalue weighted by atomic mass is 10.3. The van der Waals surface area contributed by atoms with E-state index in [9.17, 15) is 4.79 Å². The normalized spacial score (nSPS) is 10.5. The zero-order chi connectivity index (χ0) is 10.1. The van der Waals surface area contributed by atoms with Crippen LogP contribution in [0, 0.1) is 0 Å². The fraction of sp³-hybridized carbons (Fsp3) is 0.875. The van der Waals surface area contributed by atoms with Crippen molar-refractivity contribution in [2.45, 2.75) is 19.3 Å². The minimum Gasteiger partial charge on any atom is -0.410 e. The first-order valence-corrected chi connectivity index (χ1v) is 3.98. The smallest absolute Gasteiger partial charge is 0.317 e. The molecule has 0 atom stereocenters. The van der Waals surface area contributed by atoms with E-state index in [1.807, 2.05) is 0 Å². The minimum absolute atomic E-state index is 0.303. The minimum atomic E-state index is -0.907. The standard InChI is InChI=1S/C8H16O5/c1-10-6-4-5-7(9)13-8(11-2)12-3/h8H,4-6H2,1-3H3. The molecular weight excluding hydrogens is 176 g/mol. The summed E-state index contributed by atoms with van der Waals surface area (Å²) in [5.74, 6) is -0.356. The maximum atomic E-state index is 11.0. The molecule has 0 aliphatic heterocycles. The lowest BCUT2D eigenvalue weighted by Crippen LogP contribution is -2.21. The van der Waals surface area contributed by atoms with Crippen molar-refractivity contribution in [2.24, 2.45) is 0 Å². The van der Waals surface area contributed by atoms with Crippen molar-refractivity contribution in [3.8, 4) is 0 Å². The molecule has 0 aromatic rings. The van der Waals surface area contributed by atoms with Crippen LogP contribution >= 0.6 is 0 Å². The fourth-order valence-electron chi connectivity index (χ4n) is 0.720. The van der Waals surface area contributed by atoms with Gasteiger partial charge in [0.25, 0.3) is 0 Å². The van der Waals surface area contributed by atoms with Crippen molar-refractivity contribution in [3.05, 3.63) is 0 Å². The van der Waals surface area contributed by atoms with Crippen LogP contribution in [0.5, 0.6) is 0 Å². The van der Waals surface area contributed by atoms with Gasteiger partial charge in [0, 0.05) is 34.4 Å². The van der Waals surface area contributed by atoms with Gasteiger partial charge in [-0.1, -0.05) is 0 Å². The van der Waals surface area contributed by atoms with Crippen molar-refractivity contribution >= 4 is 5.97 Å². The molecule has 0 bridgehead atoms. The summed E-state index contributed by atoms with van der Waals surface area (Å²) in [6, 6.07) is 0. The Hall–Kier alpha value is -0.650. The Bertz CT molecular complexity index is 132. The van der Waals surface area contributed by atoms with E-state index >= 15 is 0 Å². The van der Waals surface area contributed by atoms with Crippen LogP contribution in [0.2, 0.25) is 0 Å². The molecule has 5 heteroatoms. The van der Waals surface area contributed by atoms with Crippen LogP contribution in [-0.4, -0.2) is 40.4 Å². The summed E-state index contributed by atoms with van der Waals surface area (Å²) in [7, 11) is 4.38. The summed E-state index contributed by atoms with van der Waals surface area (Å²) in [5, 5.41) is 0. The van der Waals surface area contributed by atoms with Gasteiger partial charge in [-0.2, -0.15) is 0 Å². The van der Waals surface area contributed by atoms with E-state index < -0.39 is 6.48 Å². The predicted octanol–water partition coefficient (Wildman–Crippen LogP) is 0.533. The summed E-state index contributed by atoms with van der Waals surface area (Å²) in [5.41, 5.74) is 0. The van der Waals surface area contributed by atoms with E-state index in [4.69, 9.17) is 9.47 Å². The molecule has 5 nitrogen and oxygen atoms in total. The molecule has 0 saturated heterocycles. The van der Waals surface area contributed by atoms with Crippen molar-refractivity contribution in [1.82, 2.24) is 0 Å². The van der Waals surface area contributed by atoms with Crippen molar-refractivity contribution in [2.75, 3.05) is 27.9 Å². The van der Waals surface area contributed by atoms with Crippen LogP contribution < -0.4 is 0 Å². The van der Waals surface area contributed by atoms with Gasteiger partial charge in [0.1, 0.15) is 0 Å². The largest absolute Gasteiger partial charge is 0.410 e. The molecule has 0 aliphatic carbocycles. The monoisotopic (exact) mass is 192 g/mol. The molecule has 0 aromatic carbocycles. The number of esters is 1. The molecule has 0 radical (unpaired) electrons. The molecule has 0 fully saturated rings. The third-order valence-corrected chi connectivity index (χ3v) is 1.34. The van der Waals surface area contributed by atoms with Crippen LogP contribution in [0.3, 0.4) is 0 Å². The first kappa shape index (κ1) is 12.3. The summed E-state index contributed by atoms with van der Waals surface area (Å²) in [6.45, 7) is -0.366. The average molecular weight is 192 g/mol. The maximum absolute atomic E-state index is 11.0. The van der Waals surface area contributed by atoms with Crippen molar-refractivity contribution in [3.63, 3.8) is 0 Å². The van der Waals surface area contributed by atoms with Crippen LogP contribution in [0.15, 0.2) is 0 Å². The summed E-state index contributed by atoms with van der Waals surface area (Å²) in [4.78, 5) is 11.0. The maximum Gasteiger partial charge on any atom is 0.317 e. The highest BCUT2D eigenvalue weighted by Gasteiger charge is 2.11. The van der Waals surface area contributed by atoms with Gasteiger partial charge in [0.15, 0.2) is 0 Å². The van der Waals surface area contributed by atoms with Gasteiger partial charge < -0.3 is 18.9 Å². The van der Waals surface area contributed by atoms with Gasteiger partial charge in [0.2, 0.25) is 0 Å². The van der Waals surface area contributed by atoms with E-state index in [0.717, 1.165) is 0 Å². The molecule has 0 N–H and O–H groups in total. The molecule has 0 rings (SSSR count). The number of hydrogen-bond acceptors (Lipinski definition) is 5. The summed E-state index contributed by atoms with van der Waals surface area (Å²) in [6.07, 6.45) is 0.937. The Kier molecular flexibility index (Phi) is 7.57. The third-order valence-electron chi connectivity index (χ3n) is 1.34. The highest BCUT2D eigenvalue weighted by atomic mass is 16.8. The number of hydrogen-bond donors (Lipinski definition) is 0. The zero-order valence-electron chi connectivity index (χ0n) is 8.24. The molecule has 78 valence electrons. The van der Waals surface area contributed by atoms with Gasteiger partial charge in [-0.25, -0.2) is 0 Å². The number of carbonyl (C=O) groups is 1. The number of methoxy groups -OCH3 is 3. The van der Waals surface area contributed by atoms with E-state index in [0.29, 0.717) is 19.4 Å². The van der Waals surface area contributed by atoms with E-state index in [1.165, 1.54) is 14.2 Å². The second-order valence-corrected chi connectivity index (χ2v) is 2.35. The molecule has 0 amide bonds. The highest BCUT2D eigenvalue weighted by Crippen LogP contribution is 1.99. The number of ether oxygens (including phenoxy) is 4. The first-order valence-electron chi connectivity index (χ1n) is 3.98. The second-order valence-electron chi connectivity index (χ2n) is 2.35. The van der Waals surface area contributed by atoms with Crippen LogP contribution in [-0.2, 0) is 23.7 Å². The van der Waals surface area contributed by atoms with Gasteiger partial charge in [-0.15, -0.1) is 0 Å². The van der Waals surface area contributed by atoms with E-state index in [-0.39, 0.29) is 5.97 Å². The molecule has 0 aromatic heterocycles. The topological polar surface area (TPSA) is 54.0 Å². The summed E-state index contributed by atoms with van der Waals surface area (Å²) < 4.78 is 18.9.